The number of aromatic nitrogens is 4. The number of H-pyrrole nitrogens is 1. The van der Waals surface area contributed by atoms with Gasteiger partial charge in [-0.25, -0.2) is 9.97 Å². The Morgan fingerprint density at radius 2 is 2.08 bits per heavy atom. The second kappa shape index (κ2) is 9.58. The highest BCUT2D eigenvalue weighted by Crippen LogP contribution is 2.40. The topological polar surface area (TPSA) is 105 Å². The Bertz CT molecular complexity index is 1540. The number of nitrogens with zero attached hydrogens (tertiary/aromatic N) is 3. The van der Waals surface area contributed by atoms with Crippen molar-refractivity contribution in [2.24, 2.45) is 5.92 Å². The number of carbonyl (C=O) groups is 1. The molecule has 5 aromatic rings. The number of hydrogen-bond donors (Lipinski definition) is 3. The lowest BCUT2D eigenvalue weighted by Gasteiger charge is -2.22. The molecule has 2 aromatic carbocycles. The lowest BCUT2D eigenvalue weighted by molar-refractivity contribution is -0.125. The monoisotopic (exact) mass is 498 g/mol. The van der Waals surface area contributed by atoms with Crippen LogP contribution in [-0.4, -0.2) is 39.7 Å². The molecule has 0 radical (unpaired) electrons. The first-order valence-corrected chi connectivity index (χ1v) is 12.9. The Hall–Kier alpha value is -3.98. The van der Waals surface area contributed by atoms with Gasteiger partial charge >= 0.3 is 0 Å². The molecule has 36 heavy (non-hydrogen) atoms. The molecule has 6 rings (SSSR count). The number of nitrogens with one attached hydrogen (secondary N) is 3. The van der Waals surface area contributed by atoms with Crippen molar-refractivity contribution in [1.82, 2.24) is 25.5 Å². The molecule has 0 saturated carbocycles. The van der Waals surface area contributed by atoms with Crippen molar-refractivity contribution in [3.8, 4) is 5.75 Å². The SMILES string of the molecule is COc1ccc(CCNC(=O)C2CCc3c(sc4ncnc(Nc5ccc6[nH]ncc6c5)c34)C2)cc1. The highest BCUT2D eigenvalue weighted by atomic mass is 32.1. The van der Waals surface area contributed by atoms with Crippen LogP contribution in [0.15, 0.2) is 55.0 Å². The van der Waals surface area contributed by atoms with Crippen LogP contribution in [-0.2, 0) is 24.1 Å². The third kappa shape index (κ3) is 4.37. The predicted molar refractivity (Wildman–Crippen MR) is 142 cm³/mol. The molecule has 0 saturated heterocycles. The Labute approximate surface area is 212 Å². The molecule has 8 nitrogen and oxygen atoms in total. The normalized spacial score (nSPS) is 15.1. The summed E-state index contributed by atoms with van der Waals surface area (Å²) in [5.74, 6) is 1.76. The number of ether oxygens (including phenoxy) is 1. The lowest BCUT2D eigenvalue weighted by Crippen LogP contribution is -2.34. The van der Waals surface area contributed by atoms with Gasteiger partial charge in [-0.15, -0.1) is 11.3 Å². The third-order valence-corrected chi connectivity index (χ3v) is 7.95. The molecule has 1 aliphatic rings. The number of fused-ring (bicyclic) bond motifs is 4. The Morgan fingerprint density at radius 3 is 2.94 bits per heavy atom. The second-order valence-corrected chi connectivity index (χ2v) is 10.1. The predicted octanol–water partition coefficient (Wildman–Crippen LogP) is 4.78. The number of hydrogen-bond acceptors (Lipinski definition) is 7. The molecule has 1 atom stereocenters. The van der Waals surface area contributed by atoms with E-state index in [0.29, 0.717) is 6.54 Å². The number of carbonyl (C=O) groups excluding carboxylic acids is 1. The van der Waals surface area contributed by atoms with Crippen molar-refractivity contribution >= 4 is 49.9 Å². The first kappa shape index (κ1) is 22.5. The van der Waals surface area contributed by atoms with Crippen LogP contribution in [0.4, 0.5) is 11.5 Å². The minimum atomic E-state index is -0.0192. The fourth-order valence-corrected chi connectivity index (χ4v) is 6.12. The number of aryl methyl sites for hydroxylation is 1. The van der Waals surface area contributed by atoms with Gasteiger partial charge in [0.15, 0.2) is 0 Å². The fourth-order valence-electron chi connectivity index (χ4n) is 4.85. The van der Waals surface area contributed by atoms with Gasteiger partial charge in [-0.2, -0.15) is 5.10 Å². The zero-order chi connectivity index (χ0) is 24.5. The largest absolute Gasteiger partial charge is 0.497 e. The van der Waals surface area contributed by atoms with Gasteiger partial charge < -0.3 is 15.4 Å². The average molecular weight is 499 g/mol. The summed E-state index contributed by atoms with van der Waals surface area (Å²) < 4.78 is 5.21. The van der Waals surface area contributed by atoms with Crippen molar-refractivity contribution in [2.45, 2.75) is 25.7 Å². The summed E-state index contributed by atoms with van der Waals surface area (Å²) in [5.41, 5.74) is 4.39. The van der Waals surface area contributed by atoms with Gasteiger partial charge in [-0.3, -0.25) is 9.89 Å². The van der Waals surface area contributed by atoms with Crippen molar-refractivity contribution in [3.63, 3.8) is 0 Å². The maximum atomic E-state index is 12.9. The summed E-state index contributed by atoms with van der Waals surface area (Å²) in [6, 6.07) is 14.0. The molecule has 1 aliphatic carbocycles. The Kier molecular flexibility index (Phi) is 5.98. The van der Waals surface area contributed by atoms with Crippen molar-refractivity contribution in [2.75, 3.05) is 19.0 Å². The van der Waals surface area contributed by atoms with E-state index in [9.17, 15) is 4.79 Å². The highest BCUT2D eigenvalue weighted by Gasteiger charge is 2.29. The Balaban J connectivity index is 1.14. The lowest BCUT2D eigenvalue weighted by atomic mass is 9.87. The van der Waals surface area contributed by atoms with Crippen LogP contribution in [0.25, 0.3) is 21.1 Å². The molecule has 0 spiro atoms. The van der Waals surface area contributed by atoms with Crippen LogP contribution < -0.4 is 15.4 Å². The van der Waals surface area contributed by atoms with Gasteiger partial charge in [0.1, 0.15) is 22.7 Å². The number of thiophene rings is 1. The molecule has 1 amide bonds. The van der Waals surface area contributed by atoms with Crippen molar-refractivity contribution < 1.29 is 9.53 Å². The smallest absolute Gasteiger partial charge is 0.223 e. The van der Waals surface area contributed by atoms with E-state index >= 15 is 0 Å². The summed E-state index contributed by atoms with van der Waals surface area (Å²) in [5, 5.41) is 15.8. The van der Waals surface area contributed by atoms with Gasteiger partial charge in [0, 0.05) is 28.4 Å². The summed E-state index contributed by atoms with van der Waals surface area (Å²) in [6.07, 6.45) is 6.62. The van der Waals surface area contributed by atoms with Crippen LogP contribution in [0, 0.1) is 5.92 Å². The number of rotatable bonds is 7. The second-order valence-electron chi connectivity index (χ2n) is 9.03. The highest BCUT2D eigenvalue weighted by molar-refractivity contribution is 7.19. The minimum Gasteiger partial charge on any atom is -0.497 e. The van der Waals surface area contributed by atoms with Crippen molar-refractivity contribution in [1.29, 1.82) is 0 Å². The molecule has 3 heterocycles. The van der Waals surface area contributed by atoms with Crippen LogP contribution in [0.1, 0.15) is 22.4 Å². The van der Waals surface area contributed by atoms with Crippen molar-refractivity contribution in [3.05, 3.63) is 71.0 Å². The fraction of sp³-hybridized carbons (Fsp3) is 0.259. The molecule has 0 bridgehead atoms. The molecule has 0 aliphatic heterocycles. The van der Waals surface area contributed by atoms with E-state index in [1.807, 2.05) is 42.6 Å². The molecule has 3 N–H and O–H groups in total. The average Bonchev–Trinajstić information content (AvgIpc) is 3.53. The van der Waals surface area contributed by atoms with E-state index in [1.54, 1.807) is 24.8 Å². The maximum absolute atomic E-state index is 12.9. The van der Waals surface area contributed by atoms with E-state index < -0.39 is 0 Å². The van der Waals surface area contributed by atoms with E-state index in [4.69, 9.17) is 4.74 Å². The first-order valence-electron chi connectivity index (χ1n) is 12.0. The molecule has 182 valence electrons. The third-order valence-electron chi connectivity index (χ3n) is 6.79. The molecule has 1 unspecified atom stereocenters. The van der Waals surface area contributed by atoms with Crippen LogP contribution in [0.2, 0.25) is 0 Å². The summed E-state index contributed by atoms with van der Waals surface area (Å²) in [7, 11) is 1.66. The summed E-state index contributed by atoms with van der Waals surface area (Å²) >= 11 is 1.68. The first-order chi connectivity index (χ1) is 17.7. The number of amides is 1. The number of methoxy groups -OCH3 is 1. The number of anilines is 2. The maximum Gasteiger partial charge on any atom is 0.223 e. The summed E-state index contributed by atoms with van der Waals surface area (Å²) in [4.78, 5) is 24.2. The Morgan fingerprint density at radius 1 is 1.19 bits per heavy atom. The van der Waals surface area contributed by atoms with E-state index in [0.717, 1.165) is 64.1 Å². The standard InChI is InChI=1S/C27H26N6O2S/c1-35-20-6-2-16(3-7-20)10-11-28-26(34)17-4-8-21-23(13-17)36-27-24(21)25(29-15-30-27)32-19-5-9-22-18(12-19)14-31-33-22/h2-3,5-7,9,12,14-15,17H,4,8,10-11,13H2,1H3,(H,28,34)(H,31,33)(H,29,30,32). The van der Waals surface area contributed by atoms with E-state index in [2.05, 4.69) is 36.9 Å². The van der Waals surface area contributed by atoms with E-state index in [1.165, 1.54) is 16.0 Å². The van der Waals surface area contributed by atoms with Crippen LogP contribution >= 0.6 is 11.3 Å². The van der Waals surface area contributed by atoms with Crippen LogP contribution in [0.3, 0.4) is 0 Å². The molecule has 3 aromatic heterocycles. The quantitative estimate of drug-likeness (QED) is 0.298. The zero-order valence-electron chi connectivity index (χ0n) is 19.9. The molecule has 0 fully saturated rings. The zero-order valence-corrected chi connectivity index (χ0v) is 20.7. The van der Waals surface area contributed by atoms with Gasteiger partial charge in [-0.1, -0.05) is 12.1 Å². The van der Waals surface area contributed by atoms with Gasteiger partial charge in [0.25, 0.3) is 0 Å². The van der Waals surface area contributed by atoms with Crippen LogP contribution in [0.5, 0.6) is 5.75 Å². The summed E-state index contributed by atoms with van der Waals surface area (Å²) in [6.45, 7) is 0.626. The number of aromatic amines is 1. The van der Waals surface area contributed by atoms with E-state index in [-0.39, 0.29) is 11.8 Å². The number of benzene rings is 2. The molecular formula is C27H26N6O2S. The molecular weight excluding hydrogens is 472 g/mol. The van der Waals surface area contributed by atoms with Gasteiger partial charge in [-0.05, 0) is 67.1 Å². The van der Waals surface area contributed by atoms with Gasteiger partial charge in [0.2, 0.25) is 5.91 Å². The minimum absolute atomic E-state index is 0.0192. The van der Waals surface area contributed by atoms with Gasteiger partial charge in [0.05, 0.1) is 24.2 Å². The molecule has 9 heteroatoms.